The Balaban J connectivity index is 1.78. The first-order chi connectivity index (χ1) is 9.97. The van der Waals surface area contributed by atoms with Crippen LogP contribution in [0, 0.1) is 5.41 Å². The highest BCUT2D eigenvalue weighted by molar-refractivity contribution is 5.94. The van der Waals surface area contributed by atoms with Crippen molar-refractivity contribution < 1.29 is 4.74 Å². The van der Waals surface area contributed by atoms with Gasteiger partial charge in [-0.1, -0.05) is 0 Å². The van der Waals surface area contributed by atoms with Crippen LogP contribution in [-0.2, 0) is 0 Å². The lowest BCUT2D eigenvalue weighted by Crippen LogP contribution is -2.55. The van der Waals surface area contributed by atoms with Gasteiger partial charge in [0.05, 0.1) is 0 Å². The van der Waals surface area contributed by atoms with Gasteiger partial charge in [-0.15, -0.1) is 0 Å². The third-order valence-electron chi connectivity index (χ3n) is 4.28. The summed E-state index contributed by atoms with van der Waals surface area (Å²) in [6.45, 7) is 8.34. The number of ether oxygens (including phenoxy) is 1. The number of benzene rings is 1. The minimum atomic E-state index is 0.0851. The lowest BCUT2D eigenvalue weighted by atomic mass is 10.1. The van der Waals surface area contributed by atoms with Crippen LogP contribution in [0.5, 0.6) is 5.75 Å². The molecule has 0 amide bonds. The van der Waals surface area contributed by atoms with Crippen molar-refractivity contribution in [3.63, 3.8) is 0 Å². The lowest BCUT2D eigenvalue weighted by Gasteiger charge is -2.42. The number of nitrogens with two attached hydrogens (primary N) is 1. The Morgan fingerprint density at radius 1 is 1.24 bits per heavy atom. The SMILES string of the molecule is CC1CN(CCOc2ccc(C(=N)N)cc2)CC(C)N1C. The molecule has 5 heteroatoms. The van der Waals surface area contributed by atoms with E-state index >= 15 is 0 Å². The van der Waals surface area contributed by atoms with Crippen LogP contribution in [0.2, 0.25) is 0 Å². The number of nitrogens with zero attached hydrogens (tertiary/aromatic N) is 2. The van der Waals surface area contributed by atoms with Crippen molar-refractivity contribution in [2.45, 2.75) is 25.9 Å². The van der Waals surface area contributed by atoms with E-state index in [0.717, 1.165) is 30.9 Å². The van der Waals surface area contributed by atoms with E-state index < -0.39 is 0 Å². The summed E-state index contributed by atoms with van der Waals surface area (Å²) in [6, 6.07) is 8.54. The van der Waals surface area contributed by atoms with Gasteiger partial charge in [0, 0.05) is 37.3 Å². The van der Waals surface area contributed by atoms with Crippen molar-refractivity contribution in [3.05, 3.63) is 29.8 Å². The van der Waals surface area contributed by atoms with Crippen molar-refractivity contribution in [1.82, 2.24) is 9.80 Å². The molecule has 0 bridgehead atoms. The second-order valence-corrected chi connectivity index (χ2v) is 5.91. The molecule has 0 aromatic heterocycles. The molecule has 1 saturated heterocycles. The average Bonchev–Trinajstić information content (AvgIpc) is 2.45. The first-order valence-corrected chi connectivity index (χ1v) is 7.49. The van der Waals surface area contributed by atoms with Gasteiger partial charge in [-0.05, 0) is 45.2 Å². The van der Waals surface area contributed by atoms with Crippen molar-refractivity contribution in [2.24, 2.45) is 5.73 Å². The monoisotopic (exact) mass is 290 g/mol. The number of hydrogen-bond donors (Lipinski definition) is 2. The molecule has 0 spiro atoms. The van der Waals surface area contributed by atoms with E-state index in [1.54, 1.807) is 0 Å². The standard InChI is InChI=1S/C16H26N4O/c1-12-10-20(11-13(2)19(12)3)8-9-21-15-6-4-14(5-7-15)16(17)18/h4-7,12-13H,8-11H2,1-3H3,(H3,17,18). The molecular formula is C16H26N4O. The average molecular weight is 290 g/mol. The minimum Gasteiger partial charge on any atom is -0.492 e. The van der Waals surface area contributed by atoms with Crippen molar-refractivity contribution >= 4 is 5.84 Å². The van der Waals surface area contributed by atoms with E-state index in [1.807, 2.05) is 24.3 Å². The van der Waals surface area contributed by atoms with Crippen LogP contribution in [0.25, 0.3) is 0 Å². The van der Waals surface area contributed by atoms with Gasteiger partial charge in [0.15, 0.2) is 0 Å². The summed E-state index contributed by atoms with van der Waals surface area (Å²) in [5.41, 5.74) is 6.16. The normalized spacial score (nSPS) is 24.0. The zero-order chi connectivity index (χ0) is 15.4. The molecule has 1 heterocycles. The second-order valence-electron chi connectivity index (χ2n) is 5.91. The molecule has 1 fully saturated rings. The van der Waals surface area contributed by atoms with Gasteiger partial charge in [0.25, 0.3) is 0 Å². The summed E-state index contributed by atoms with van der Waals surface area (Å²) >= 11 is 0. The highest BCUT2D eigenvalue weighted by atomic mass is 16.5. The Kier molecular flexibility index (Phi) is 5.20. The van der Waals surface area contributed by atoms with Crippen LogP contribution in [0.15, 0.2) is 24.3 Å². The van der Waals surface area contributed by atoms with Crippen LogP contribution < -0.4 is 10.5 Å². The zero-order valence-electron chi connectivity index (χ0n) is 13.2. The fourth-order valence-electron chi connectivity index (χ4n) is 2.72. The predicted octanol–water partition coefficient (Wildman–Crippen LogP) is 1.37. The fourth-order valence-corrected chi connectivity index (χ4v) is 2.72. The zero-order valence-corrected chi connectivity index (χ0v) is 13.2. The molecule has 0 radical (unpaired) electrons. The summed E-state index contributed by atoms with van der Waals surface area (Å²) in [5.74, 6) is 0.914. The summed E-state index contributed by atoms with van der Waals surface area (Å²) < 4.78 is 5.77. The van der Waals surface area contributed by atoms with Crippen LogP contribution in [0.4, 0.5) is 0 Å². The first-order valence-electron chi connectivity index (χ1n) is 7.49. The number of rotatable bonds is 5. The molecule has 3 N–H and O–H groups in total. The molecule has 2 atom stereocenters. The summed E-state index contributed by atoms with van der Waals surface area (Å²) in [6.07, 6.45) is 0. The van der Waals surface area contributed by atoms with E-state index in [0.29, 0.717) is 18.7 Å². The molecule has 1 aromatic rings. The van der Waals surface area contributed by atoms with E-state index in [2.05, 4.69) is 30.7 Å². The summed E-state index contributed by atoms with van der Waals surface area (Å²) in [5, 5.41) is 7.36. The predicted molar refractivity (Wildman–Crippen MR) is 86.1 cm³/mol. The summed E-state index contributed by atoms with van der Waals surface area (Å²) in [4.78, 5) is 4.89. The van der Waals surface area contributed by atoms with Gasteiger partial charge >= 0.3 is 0 Å². The number of nitrogens with one attached hydrogen (secondary N) is 1. The molecule has 0 aliphatic carbocycles. The molecule has 116 valence electrons. The van der Waals surface area contributed by atoms with E-state index in [-0.39, 0.29) is 5.84 Å². The van der Waals surface area contributed by atoms with Crippen molar-refractivity contribution in [1.29, 1.82) is 5.41 Å². The maximum Gasteiger partial charge on any atom is 0.122 e. The number of amidine groups is 1. The van der Waals surface area contributed by atoms with Gasteiger partial charge in [-0.3, -0.25) is 15.2 Å². The van der Waals surface area contributed by atoms with Crippen LogP contribution in [-0.4, -0.2) is 61.0 Å². The summed E-state index contributed by atoms with van der Waals surface area (Å²) in [7, 11) is 2.19. The van der Waals surface area contributed by atoms with E-state index in [9.17, 15) is 0 Å². The Morgan fingerprint density at radius 3 is 2.33 bits per heavy atom. The molecule has 0 saturated carbocycles. The molecule has 1 aromatic carbocycles. The maximum atomic E-state index is 7.36. The highest BCUT2D eigenvalue weighted by Crippen LogP contribution is 2.14. The third kappa shape index (κ3) is 4.19. The lowest BCUT2D eigenvalue weighted by molar-refractivity contribution is 0.0522. The van der Waals surface area contributed by atoms with Crippen molar-refractivity contribution in [2.75, 3.05) is 33.3 Å². The number of likely N-dealkylation sites (N-methyl/N-ethyl adjacent to an activating group) is 1. The van der Waals surface area contributed by atoms with Crippen molar-refractivity contribution in [3.8, 4) is 5.75 Å². The number of hydrogen-bond acceptors (Lipinski definition) is 4. The Bertz CT molecular complexity index is 462. The molecule has 2 unspecified atom stereocenters. The molecule has 1 aliphatic rings. The fraction of sp³-hybridized carbons (Fsp3) is 0.562. The van der Waals surface area contributed by atoms with Gasteiger partial charge in [0.2, 0.25) is 0 Å². The molecular weight excluding hydrogens is 264 g/mol. The van der Waals surface area contributed by atoms with Gasteiger partial charge in [0.1, 0.15) is 18.2 Å². The Hall–Kier alpha value is -1.59. The Labute approximate surface area is 127 Å². The highest BCUT2D eigenvalue weighted by Gasteiger charge is 2.25. The minimum absolute atomic E-state index is 0.0851. The smallest absolute Gasteiger partial charge is 0.122 e. The Morgan fingerprint density at radius 2 is 1.81 bits per heavy atom. The second kappa shape index (κ2) is 6.91. The topological polar surface area (TPSA) is 65.6 Å². The van der Waals surface area contributed by atoms with Gasteiger partial charge in [-0.25, -0.2) is 0 Å². The largest absolute Gasteiger partial charge is 0.492 e. The molecule has 2 rings (SSSR count). The quantitative estimate of drug-likeness (QED) is 0.635. The van der Waals surface area contributed by atoms with Crippen LogP contribution in [0.1, 0.15) is 19.4 Å². The van der Waals surface area contributed by atoms with Crippen LogP contribution in [0.3, 0.4) is 0 Å². The first kappa shape index (κ1) is 15.8. The molecule has 21 heavy (non-hydrogen) atoms. The number of piperazine rings is 1. The van der Waals surface area contributed by atoms with Gasteiger partial charge < -0.3 is 10.5 Å². The number of nitrogen functional groups attached to an aromatic ring is 1. The van der Waals surface area contributed by atoms with E-state index in [1.165, 1.54) is 0 Å². The van der Waals surface area contributed by atoms with Crippen LogP contribution >= 0.6 is 0 Å². The third-order valence-corrected chi connectivity index (χ3v) is 4.28. The van der Waals surface area contributed by atoms with E-state index in [4.69, 9.17) is 15.9 Å². The van der Waals surface area contributed by atoms with Gasteiger partial charge in [-0.2, -0.15) is 0 Å². The molecule has 5 nitrogen and oxygen atoms in total. The molecule has 1 aliphatic heterocycles. The maximum absolute atomic E-state index is 7.36.